The van der Waals surface area contributed by atoms with Gasteiger partial charge in [0.05, 0.1) is 12.2 Å². The van der Waals surface area contributed by atoms with Gasteiger partial charge in [0.2, 0.25) is 5.95 Å². The zero-order valence-electron chi connectivity index (χ0n) is 17.6. The molecule has 1 atom stereocenters. The molecule has 1 aliphatic carbocycles. The molecule has 1 fully saturated rings. The predicted octanol–water partition coefficient (Wildman–Crippen LogP) is 4.02. The quantitative estimate of drug-likeness (QED) is 0.543. The monoisotopic (exact) mass is 411 g/mol. The summed E-state index contributed by atoms with van der Waals surface area (Å²) in [5, 5.41) is 15.1. The highest BCUT2D eigenvalue weighted by Crippen LogP contribution is 2.36. The number of nitrogens with one attached hydrogen (secondary N) is 1. The van der Waals surface area contributed by atoms with Crippen molar-refractivity contribution in [1.29, 1.82) is 0 Å². The normalized spacial score (nSPS) is 19.2. The molecule has 4 rings (SSSR count). The Morgan fingerprint density at radius 3 is 2.90 bits per heavy atom. The highest BCUT2D eigenvalue weighted by molar-refractivity contribution is 5.92. The number of anilines is 1. The Kier molecular flexibility index (Phi) is 6.30. The third-order valence-electron chi connectivity index (χ3n) is 5.70. The van der Waals surface area contributed by atoms with Crippen LogP contribution in [0, 0.1) is 0 Å². The molecule has 8 heteroatoms. The van der Waals surface area contributed by atoms with Gasteiger partial charge in [-0.3, -0.25) is 0 Å². The standard InChI is InChI=1S/C22H29N5O3/c1-3-4-13-29-18-12-8-9-16(14-18)20-19(15(2)23-22-24-25-26-27(20)22)21(28)30-17-10-6-5-7-11-17/h8-9,12,14,17,20H,3-7,10-11,13H2,1-2H3,(H,23,24,26). The van der Waals surface area contributed by atoms with E-state index in [4.69, 9.17) is 9.47 Å². The largest absolute Gasteiger partial charge is 0.494 e. The summed E-state index contributed by atoms with van der Waals surface area (Å²) in [7, 11) is 0. The Bertz CT molecular complexity index is 917. The maximum absolute atomic E-state index is 13.3. The van der Waals surface area contributed by atoms with Crippen molar-refractivity contribution >= 4 is 11.9 Å². The summed E-state index contributed by atoms with van der Waals surface area (Å²) < 4.78 is 13.4. The first-order valence-corrected chi connectivity index (χ1v) is 10.9. The number of nitrogens with zero attached hydrogens (tertiary/aromatic N) is 4. The molecular weight excluding hydrogens is 382 g/mol. The van der Waals surface area contributed by atoms with Crippen molar-refractivity contribution in [3.05, 3.63) is 41.1 Å². The number of aromatic nitrogens is 4. The molecule has 30 heavy (non-hydrogen) atoms. The lowest BCUT2D eigenvalue weighted by Crippen LogP contribution is -2.32. The Labute approximate surface area is 176 Å². The molecule has 0 amide bonds. The van der Waals surface area contributed by atoms with Crippen molar-refractivity contribution in [1.82, 2.24) is 20.2 Å². The van der Waals surface area contributed by atoms with Crippen LogP contribution in [0.5, 0.6) is 5.75 Å². The second-order valence-corrected chi connectivity index (χ2v) is 7.95. The summed E-state index contributed by atoms with van der Waals surface area (Å²) in [6, 6.07) is 7.31. The Morgan fingerprint density at radius 2 is 2.10 bits per heavy atom. The topological polar surface area (TPSA) is 91.2 Å². The van der Waals surface area contributed by atoms with E-state index in [0.29, 0.717) is 23.8 Å². The van der Waals surface area contributed by atoms with Crippen LogP contribution in [0.25, 0.3) is 0 Å². The van der Waals surface area contributed by atoms with E-state index in [1.165, 1.54) is 6.42 Å². The van der Waals surface area contributed by atoms with E-state index in [9.17, 15) is 4.79 Å². The van der Waals surface area contributed by atoms with Gasteiger partial charge in [-0.2, -0.15) is 4.68 Å². The van der Waals surface area contributed by atoms with Crippen molar-refractivity contribution in [3.8, 4) is 5.75 Å². The van der Waals surface area contributed by atoms with Gasteiger partial charge in [0.1, 0.15) is 17.9 Å². The first-order chi connectivity index (χ1) is 14.7. The van der Waals surface area contributed by atoms with E-state index in [1.807, 2.05) is 31.2 Å². The van der Waals surface area contributed by atoms with Crippen LogP contribution in [0.2, 0.25) is 0 Å². The molecule has 1 unspecified atom stereocenters. The molecule has 1 aromatic heterocycles. The molecule has 2 aromatic rings. The number of unbranched alkanes of at least 4 members (excludes halogenated alkanes) is 1. The predicted molar refractivity (Wildman–Crippen MR) is 112 cm³/mol. The van der Waals surface area contributed by atoms with E-state index >= 15 is 0 Å². The van der Waals surface area contributed by atoms with Crippen LogP contribution in [-0.4, -0.2) is 38.9 Å². The van der Waals surface area contributed by atoms with E-state index in [1.54, 1.807) is 4.68 Å². The smallest absolute Gasteiger partial charge is 0.338 e. The number of carbonyl (C=O) groups excluding carboxylic acids is 1. The minimum atomic E-state index is -0.470. The number of esters is 1. The van der Waals surface area contributed by atoms with E-state index in [-0.39, 0.29) is 12.1 Å². The van der Waals surface area contributed by atoms with Gasteiger partial charge in [-0.15, -0.1) is 0 Å². The maximum Gasteiger partial charge on any atom is 0.338 e. The van der Waals surface area contributed by atoms with Crippen molar-refractivity contribution in [2.75, 3.05) is 11.9 Å². The molecule has 1 saturated carbocycles. The van der Waals surface area contributed by atoms with Gasteiger partial charge in [0.15, 0.2) is 0 Å². The molecule has 2 aliphatic rings. The summed E-state index contributed by atoms with van der Waals surface area (Å²) >= 11 is 0. The van der Waals surface area contributed by atoms with E-state index < -0.39 is 6.04 Å². The van der Waals surface area contributed by atoms with Crippen LogP contribution in [0.4, 0.5) is 5.95 Å². The summed E-state index contributed by atoms with van der Waals surface area (Å²) in [5.41, 5.74) is 2.13. The van der Waals surface area contributed by atoms with E-state index in [2.05, 4.69) is 27.8 Å². The summed E-state index contributed by atoms with van der Waals surface area (Å²) in [5.74, 6) is 0.964. The fourth-order valence-corrected chi connectivity index (χ4v) is 4.09. The zero-order valence-corrected chi connectivity index (χ0v) is 17.6. The second kappa shape index (κ2) is 9.28. The third-order valence-corrected chi connectivity index (χ3v) is 5.70. The molecule has 1 aromatic carbocycles. The Hall–Kier alpha value is -2.90. The van der Waals surface area contributed by atoms with Gasteiger partial charge in [0, 0.05) is 5.70 Å². The van der Waals surface area contributed by atoms with Crippen LogP contribution in [0.15, 0.2) is 35.5 Å². The van der Waals surface area contributed by atoms with Crippen molar-refractivity contribution < 1.29 is 14.3 Å². The van der Waals surface area contributed by atoms with Crippen LogP contribution in [0.3, 0.4) is 0 Å². The molecule has 0 saturated heterocycles. The van der Waals surface area contributed by atoms with Crippen LogP contribution < -0.4 is 10.1 Å². The number of benzene rings is 1. The minimum Gasteiger partial charge on any atom is -0.494 e. The van der Waals surface area contributed by atoms with Crippen LogP contribution in [0.1, 0.15) is 70.4 Å². The van der Waals surface area contributed by atoms with Crippen molar-refractivity contribution in [2.24, 2.45) is 0 Å². The van der Waals surface area contributed by atoms with E-state index in [0.717, 1.165) is 49.8 Å². The number of tetrazole rings is 1. The highest BCUT2D eigenvalue weighted by Gasteiger charge is 2.36. The Balaban J connectivity index is 1.64. The van der Waals surface area contributed by atoms with Gasteiger partial charge in [0.25, 0.3) is 0 Å². The van der Waals surface area contributed by atoms with Crippen molar-refractivity contribution in [2.45, 2.75) is 70.9 Å². The Morgan fingerprint density at radius 1 is 1.27 bits per heavy atom. The number of ether oxygens (including phenoxy) is 2. The fraction of sp³-hybridized carbons (Fsp3) is 0.545. The first kappa shape index (κ1) is 20.4. The molecule has 1 N–H and O–H groups in total. The number of carbonyl (C=O) groups is 1. The summed E-state index contributed by atoms with van der Waals surface area (Å²) in [6.45, 7) is 4.66. The molecular formula is C22H29N5O3. The zero-order chi connectivity index (χ0) is 20.9. The highest BCUT2D eigenvalue weighted by atomic mass is 16.5. The van der Waals surface area contributed by atoms with Gasteiger partial charge in [-0.05, 0) is 67.2 Å². The average Bonchev–Trinajstić information content (AvgIpc) is 3.22. The molecule has 0 radical (unpaired) electrons. The molecule has 160 valence electrons. The van der Waals surface area contributed by atoms with Gasteiger partial charge < -0.3 is 14.8 Å². The third kappa shape index (κ3) is 4.32. The summed E-state index contributed by atoms with van der Waals surface area (Å²) in [4.78, 5) is 13.3. The molecule has 0 bridgehead atoms. The molecule has 8 nitrogen and oxygen atoms in total. The lowest BCUT2D eigenvalue weighted by Gasteiger charge is -2.29. The number of hydrogen-bond acceptors (Lipinski definition) is 7. The van der Waals surface area contributed by atoms with Crippen molar-refractivity contribution in [3.63, 3.8) is 0 Å². The molecule has 0 spiro atoms. The van der Waals surface area contributed by atoms with Crippen LogP contribution >= 0.6 is 0 Å². The second-order valence-electron chi connectivity index (χ2n) is 7.95. The average molecular weight is 412 g/mol. The van der Waals surface area contributed by atoms with Gasteiger partial charge in [-0.1, -0.05) is 37.0 Å². The first-order valence-electron chi connectivity index (χ1n) is 10.9. The maximum atomic E-state index is 13.3. The summed E-state index contributed by atoms with van der Waals surface area (Å²) in [6.07, 6.45) is 7.30. The lowest BCUT2D eigenvalue weighted by molar-refractivity contribution is -0.146. The number of rotatable bonds is 7. The SMILES string of the molecule is CCCCOc1cccc(C2C(C(=O)OC3CCCCC3)=C(C)Nc3nnnn32)c1. The minimum absolute atomic E-state index is 0.0221. The molecule has 1 aliphatic heterocycles. The lowest BCUT2D eigenvalue weighted by atomic mass is 9.94. The fourth-order valence-electron chi connectivity index (χ4n) is 4.09. The number of fused-ring (bicyclic) bond motifs is 1. The van der Waals surface area contributed by atoms with Gasteiger partial charge in [-0.25, -0.2) is 4.79 Å². The molecule has 2 heterocycles. The number of hydrogen-bond donors (Lipinski definition) is 1. The van der Waals surface area contributed by atoms with Crippen LogP contribution in [-0.2, 0) is 9.53 Å². The van der Waals surface area contributed by atoms with Gasteiger partial charge >= 0.3 is 5.97 Å². The number of allylic oxidation sites excluding steroid dienone is 1.